The number of hydrogen-bond donors (Lipinski definition) is 0. The van der Waals surface area contributed by atoms with E-state index in [9.17, 15) is 0 Å². The highest BCUT2D eigenvalue weighted by Crippen LogP contribution is 1.95. The summed E-state index contributed by atoms with van der Waals surface area (Å²) in [4.78, 5) is 0. The van der Waals surface area contributed by atoms with Gasteiger partial charge in [-0.2, -0.15) is 5.26 Å². The highest BCUT2D eigenvalue weighted by molar-refractivity contribution is 7.27. The van der Waals surface area contributed by atoms with E-state index in [4.69, 9.17) is 5.26 Å². The smallest absolute Gasteiger partial charge is 0.0991 e. The van der Waals surface area contributed by atoms with Gasteiger partial charge >= 0.3 is 0 Å². The van der Waals surface area contributed by atoms with E-state index in [0.29, 0.717) is 5.56 Å². The summed E-state index contributed by atoms with van der Waals surface area (Å²) >= 11 is 0. The Bertz CT molecular complexity index is 232. The predicted molar refractivity (Wildman–Crippen MR) is 40.5 cm³/mol. The Morgan fingerprint density at radius 1 is 1.22 bits per heavy atom. The molecule has 0 heterocycles. The van der Waals surface area contributed by atoms with E-state index in [1.165, 1.54) is 0 Å². The van der Waals surface area contributed by atoms with Crippen LogP contribution in [0.5, 0.6) is 0 Å². The zero-order chi connectivity index (χ0) is 6.69. The van der Waals surface area contributed by atoms with Crippen LogP contribution in [-0.4, -0.2) is 0 Å². The van der Waals surface area contributed by atoms with Gasteiger partial charge in [-0.25, -0.2) is 0 Å². The van der Waals surface area contributed by atoms with Crippen molar-refractivity contribution in [1.82, 2.24) is 0 Å². The first-order valence-corrected chi connectivity index (χ1v) is 3.16. The molecule has 1 rings (SSSR count). The molecule has 0 N–H and O–H groups in total. The summed E-state index contributed by atoms with van der Waals surface area (Å²) in [7, 11) is 2.56. The fourth-order valence-electron chi connectivity index (χ4n) is 0.558. The molecule has 1 aromatic rings. The number of nitriles is 1. The highest BCUT2D eigenvalue weighted by atomic mass is 31.0. The van der Waals surface area contributed by atoms with Gasteiger partial charge in [0.2, 0.25) is 0 Å². The molecule has 1 nitrogen and oxygen atoms in total. The molecule has 2 heteroatoms. The standard InChI is InChI=1S/C7H6NP/c8-5-6-1-3-7(9)4-2-6/h1-4H,9H2. The van der Waals surface area contributed by atoms with Crippen LogP contribution in [0, 0.1) is 11.3 Å². The quantitative estimate of drug-likeness (QED) is 0.488. The van der Waals surface area contributed by atoms with Gasteiger partial charge in [-0.05, 0) is 17.4 Å². The van der Waals surface area contributed by atoms with E-state index < -0.39 is 0 Å². The van der Waals surface area contributed by atoms with Crippen LogP contribution in [-0.2, 0) is 0 Å². The number of rotatable bonds is 0. The molecular weight excluding hydrogens is 129 g/mol. The molecule has 0 bridgehead atoms. The average Bonchev–Trinajstić information content (AvgIpc) is 1.90. The van der Waals surface area contributed by atoms with E-state index in [2.05, 4.69) is 9.24 Å². The van der Waals surface area contributed by atoms with Crippen molar-refractivity contribution >= 4 is 14.5 Å². The Morgan fingerprint density at radius 3 is 2.22 bits per heavy atom. The van der Waals surface area contributed by atoms with E-state index >= 15 is 0 Å². The minimum Gasteiger partial charge on any atom is -0.192 e. The molecule has 0 aliphatic carbocycles. The monoisotopic (exact) mass is 135 g/mol. The summed E-state index contributed by atoms with van der Waals surface area (Å²) in [6, 6.07) is 9.42. The minimum atomic E-state index is 0.709. The summed E-state index contributed by atoms with van der Waals surface area (Å²) in [6.07, 6.45) is 0. The molecule has 1 unspecified atom stereocenters. The normalized spacial score (nSPS) is 8.44. The van der Waals surface area contributed by atoms with Crippen molar-refractivity contribution in [3.63, 3.8) is 0 Å². The van der Waals surface area contributed by atoms with Crippen molar-refractivity contribution in [3.8, 4) is 6.07 Å². The van der Waals surface area contributed by atoms with Gasteiger partial charge < -0.3 is 0 Å². The second-order valence-electron chi connectivity index (χ2n) is 1.73. The van der Waals surface area contributed by atoms with E-state index in [0.717, 1.165) is 5.30 Å². The summed E-state index contributed by atoms with van der Waals surface area (Å²) in [5.41, 5.74) is 0.709. The van der Waals surface area contributed by atoms with E-state index in [1.54, 1.807) is 12.1 Å². The van der Waals surface area contributed by atoms with Gasteiger partial charge in [-0.15, -0.1) is 9.24 Å². The van der Waals surface area contributed by atoms with Gasteiger partial charge in [0.05, 0.1) is 11.6 Å². The lowest BCUT2D eigenvalue weighted by Gasteiger charge is -1.87. The van der Waals surface area contributed by atoms with Crippen molar-refractivity contribution in [2.45, 2.75) is 0 Å². The zero-order valence-corrected chi connectivity index (χ0v) is 5.99. The van der Waals surface area contributed by atoms with Gasteiger partial charge in [0.1, 0.15) is 0 Å². The lowest BCUT2D eigenvalue weighted by atomic mass is 10.2. The first-order chi connectivity index (χ1) is 4.33. The summed E-state index contributed by atoms with van der Waals surface area (Å²) in [6.45, 7) is 0. The Kier molecular flexibility index (Phi) is 1.82. The Hall–Kier alpha value is -0.860. The van der Waals surface area contributed by atoms with Crippen LogP contribution in [0.15, 0.2) is 24.3 Å². The summed E-state index contributed by atoms with van der Waals surface area (Å²) in [5.74, 6) is 0. The van der Waals surface area contributed by atoms with Crippen LogP contribution in [0.3, 0.4) is 0 Å². The van der Waals surface area contributed by atoms with Crippen molar-refractivity contribution < 1.29 is 0 Å². The molecule has 0 saturated carbocycles. The lowest BCUT2D eigenvalue weighted by molar-refractivity contribution is 1.49. The van der Waals surface area contributed by atoms with Crippen molar-refractivity contribution in [2.75, 3.05) is 0 Å². The maximum absolute atomic E-state index is 8.37. The molecule has 0 aliphatic rings. The third kappa shape index (κ3) is 1.52. The lowest BCUT2D eigenvalue weighted by Crippen LogP contribution is -1.86. The Balaban J connectivity index is 3.06. The van der Waals surface area contributed by atoms with Crippen LogP contribution >= 0.6 is 9.24 Å². The van der Waals surface area contributed by atoms with Gasteiger partial charge in [-0.3, -0.25) is 0 Å². The minimum absolute atomic E-state index is 0.709. The Labute approximate surface area is 56.5 Å². The number of nitrogens with zero attached hydrogens (tertiary/aromatic N) is 1. The average molecular weight is 135 g/mol. The van der Waals surface area contributed by atoms with Crippen LogP contribution in [0.1, 0.15) is 5.56 Å². The first kappa shape index (κ1) is 6.26. The molecule has 0 saturated heterocycles. The fraction of sp³-hybridized carbons (Fsp3) is 0. The summed E-state index contributed by atoms with van der Waals surface area (Å²) < 4.78 is 0. The van der Waals surface area contributed by atoms with Gasteiger partial charge in [-0.1, -0.05) is 12.1 Å². The molecule has 9 heavy (non-hydrogen) atoms. The largest absolute Gasteiger partial charge is 0.192 e. The van der Waals surface area contributed by atoms with Crippen LogP contribution in [0.2, 0.25) is 0 Å². The van der Waals surface area contributed by atoms with Gasteiger partial charge in [0.25, 0.3) is 0 Å². The van der Waals surface area contributed by atoms with Gasteiger partial charge in [0.15, 0.2) is 0 Å². The second kappa shape index (κ2) is 2.62. The van der Waals surface area contributed by atoms with Crippen molar-refractivity contribution in [3.05, 3.63) is 29.8 Å². The molecular formula is C7H6NP. The topological polar surface area (TPSA) is 23.8 Å². The molecule has 1 aromatic carbocycles. The van der Waals surface area contributed by atoms with Crippen LogP contribution in [0.4, 0.5) is 0 Å². The molecule has 0 radical (unpaired) electrons. The zero-order valence-electron chi connectivity index (χ0n) is 4.83. The molecule has 44 valence electrons. The highest BCUT2D eigenvalue weighted by Gasteiger charge is 1.85. The van der Waals surface area contributed by atoms with Crippen molar-refractivity contribution in [2.24, 2.45) is 0 Å². The Morgan fingerprint density at radius 2 is 1.78 bits per heavy atom. The SMILES string of the molecule is N#Cc1ccc(P)cc1. The summed E-state index contributed by atoms with van der Waals surface area (Å²) in [5, 5.41) is 9.48. The fourth-order valence-corrected chi connectivity index (χ4v) is 0.750. The third-order valence-electron chi connectivity index (χ3n) is 1.04. The number of hydrogen-bond acceptors (Lipinski definition) is 1. The van der Waals surface area contributed by atoms with Crippen molar-refractivity contribution in [1.29, 1.82) is 5.26 Å². The predicted octanol–water partition coefficient (Wildman–Crippen LogP) is 1.06. The molecule has 0 aliphatic heterocycles. The molecule has 0 aromatic heterocycles. The molecule has 0 fully saturated rings. The van der Waals surface area contributed by atoms with Crippen LogP contribution < -0.4 is 5.30 Å². The second-order valence-corrected chi connectivity index (χ2v) is 2.40. The van der Waals surface area contributed by atoms with Gasteiger partial charge in [0, 0.05) is 0 Å². The number of benzene rings is 1. The van der Waals surface area contributed by atoms with E-state index in [-0.39, 0.29) is 0 Å². The third-order valence-corrected chi connectivity index (χ3v) is 1.42. The molecule has 1 atom stereocenters. The van der Waals surface area contributed by atoms with E-state index in [1.807, 2.05) is 18.2 Å². The molecule has 0 amide bonds. The maximum atomic E-state index is 8.37. The molecule has 0 spiro atoms. The first-order valence-electron chi connectivity index (χ1n) is 2.58. The van der Waals surface area contributed by atoms with Crippen LogP contribution in [0.25, 0.3) is 0 Å². The maximum Gasteiger partial charge on any atom is 0.0991 e.